The number of fused-ring (bicyclic) bond motifs is 1. The largest absolute Gasteiger partial charge is 0.441 e. The lowest BCUT2D eigenvalue weighted by Gasteiger charge is -1.96. The van der Waals surface area contributed by atoms with Crippen LogP contribution in [0.1, 0.15) is 19.7 Å². The molecule has 2 rings (SSSR count). The van der Waals surface area contributed by atoms with E-state index < -0.39 is 0 Å². The van der Waals surface area contributed by atoms with Gasteiger partial charge in [-0.15, -0.1) is 0 Å². The van der Waals surface area contributed by atoms with E-state index in [4.69, 9.17) is 27.6 Å². The molecule has 0 saturated carbocycles. The second-order valence-corrected chi connectivity index (χ2v) is 4.75. The van der Waals surface area contributed by atoms with E-state index in [0.29, 0.717) is 21.5 Å². The summed E-state index contributed by atoms with van der Waals surface area (Å²) in [5.74, 6) is 1.25. The minimum atomic E-state index is 0.497. The van der Waals surface area contributed by atoms with Gasteiger partial charge in [-0.2, -0.15) is 0 Å². The monoisotopic (exact) mass is 243 g/mol. The van der Waals surface area contributed by atoms with E-state index in [0.717, 1.165) is 17.8 Å². The summed E-state index contributed by atoms with van der Waals surface area (Å²) in [6, 6.07) is 3.43. The zero-order valence-electron chi connectivity index (χ0n) is 8.55. The van der Waals surface area contributed by atoms with Crippen LogP contribution in [0.2, 0.25) is 10.0 Å². The number of oxazole rings is 1. The fraction of sp³-hybridized carbons (Fsp3) is 0.364. The summed E-state index contributed by atoms with van der Waals surface area (Å²) in [5.41, 5.74) is 1.46. The van der Waals surface area contributed by atoms with Gasteiger partial charge in [-0.25, -0.2) is 4.98 Å². The smallest absolute Gasteiger partial charge is 0.195 e. The maximum atomic E-state index is 5.89. The lowest BCUT2D eigenvalue weighted by Crippen LogP contribution is -1.93. The molecule has 0 fully saturated rings. The highest BCUT2D eigenvalue weighted by molar-refractivity contribution is 6.42. The van der Waals surface area contributed by atoms with Crippen molar-refractivity contribution >= 4 is 34.3 Å². The molecule has 0 unspecified atom stereocenters. The summed E-state index contributed by atoms with van der Waals surface area (Å²) < 4.78 is 5.56. The van der Waals surface area contributed by atoms with Gasteiger partial charge in [0.05, 0.1) is 10.0 Å². The zero-order chi connectivity index (χ0) is 11.0. The molecule has 1 aromatic carbocycles. The van der Waals surface area contributed by atoms with Gasteiger partial charge in [0.25, 0.3) is 0 Å². The molecular formula is C11H11Cl2NO. The first-order chi connectivity index (χ1) is 7.06. The van der Waals surface area contributed by atoms with Gasteiger partial charge in [0.1, 0.15) is 5.52 Å². The summed E-state index contributed by atoms with van der Waals surface area (Å²) >= 11 is 11.8. The molecule has 0 aliphatic rings. The number of nitrogens with zero attached hydrogens (tertiary/aromatic N) is 1. The van der Waals surface area contributed by atoms with Crippen molar-refractivity contribution < 1.29 is 4.42 Å². The molecular weight excluding hydrogens is 233 g/mol. The molecule has 80 valence electrons. The van der Waals surface area contributed by atoms with Crippen molar-refractivity contribution in [3.05, 3.63) is 28.1 Å². The van der Waals surface area contributed by atoms with Crippen LogP contribution in [0.5, 0.6) is 0 Å². The van der Waals surface area contributed by atoms with Crippen LogP contribution in [0.4, 0.5) is 0 Å². The number of rotatable bonds is 2. The van der Waals surface area contributed by atoms with Crippen molar-refractivity contribution in [3.8, 4) is 0 Å². The fourth-order valence-electron chi connectivity index (χ4n) is 1.41. The van der Waals surface area contributed by atoms with Crippen molar-refractivity contribution in [3.63, 3.8) is 0 Å². The van der Waals surface area contributed by atoms with E-state index >= 15 is 0 Å². The second-order valence-electron chi connectivity index (χ2n) is 3.94. The first kappa shape index (κ1) is 10.8. The van der Waals surface area contributed by atoms with E-state index in [9.17, 15) is 0 Å². The highest BCUT2D eigenvalue weighted by atomic mass is 35.5. The third kappa shape index (κ3) is 2.27. The van der Waals surface area contributed by atoms with Gasteiger partial charge >= 0.3 is 0 Å². The van der Waals surface area contributed by atoms with E-state index in [1.165, 1.54) is 0 Å². The summed E-state index contributed by atoms with van der Waals surface area (Å²) in [6.07, 6.45) is 0.823. The molecule has 1 heterocycles. The first-order valence-corrected chi connectivity index (χ1v) is 5.56. The van der Waals surface area contributed by atoms with Crippen LogP contribution in [0, 0.1) is 5.92 Å². The Labute approximate surface area is 98.2 Å². The van der Waals surface area contributed by atoms with Gasteiger partial charge in [-0.05, 0) is 12.0 Å². The molecule has 0 aliphatic carbocycles. The lowest BCUT2D eigenvalue weighted by atomic mass is 10.1. The Morgan fingerprint density at radius 3 is 2.60 bits per heavy atom. The molecule has 2 nitrogen and oxygen atoms in total. The molecule has 0 N–H and O–H groups in total. The van der Waals surface area contributed by atoms with Gasteiger partial charge in [0.2, 0.25) is 0 Å². The highest BCUT2D eigenvalue weighted by Gasteiger charge is 2.09. The van der Waals surface area contributed by atoms with Crippen LogP contribution in [0.25, 0.3) is 11.1 Å². The van der Waals surface area contributed by atoms with Crippen LogP contribution >= 0.6 is 23.2 Å². The maximum absolute atomic E-state index is 5.89. The fourth-order valence-corrected chi connectivity index (χ4v) is 1.72. The summed E-state index contributed by atoms with van der Waals surface area (Å²) in [4.78, 5) is 4.35. The summed E-state index contributed by atoms with van der Waals surface area (Å²) in [5, 5.41) is 1.00. The molecule has 0 spiro atoms. The van der Waals surface area contributed by atoms with E-state index in [2.05, 4.69) is 18.8 Å². The van der Waals surface area contributed by atoms with E-state index in [1.807, 2.05) is 0 Å². The minimum Gasteiger partial charge on any atom is -0.441 e. The Balaban J connectivity index is 2.47. The maximum Gasteiger partial charge on any atom is 0.195 e. The number of halogens is 2. The Hall–Kier alpha value is -0.730. The van der Waals surface area contributed by atoms with Crippen molar-refractivity contribution in [2.75, 3.05) is 0 Å². The van der Waals surface area contributed by atoms with Crippen molar-refractivity contribution in [1.29, 1.82) is 0 Å². The Morgan fingerprint density at radius 2 is 1.93 bits per heavy atom. The average Bonchev–Trinajstić information content (AvgIpc) is 2.46. The number of hydrogen-bond acceptors (Lipinski definition) is 2. The minimum absolute atomic E-state index is 0.497. The molecule has 0 aliphatic heterocycles. The SMILES string of the molecule is CC(C)Cc1nc2cc(Cl)c(Cl)cc2o1. The van der Waals surface area contributed by atoms with Crippen LogP contribution in [-0.2, 0) is 6.42 Å². The number of hydrogen-bond donors (Lipinski definition) is 0. The van der Waals surface area contributed by atoms with Gasteiger partial charge in [0, 0.05) is 12.5 Å². The molecule has 0 amide bonds. The van der Waals surface area contributed by atoms with Gasteiger partial charge in [0.15, 0.2) is 11.5 Å². The van der Waals surface area contributed by atoms with E-state index in [1.54, 1.807) is 12.1 Å². The molecule has 15 heavy (non-hydrogen) atoms. The van der Waals surface area contributed by atoms with Crippen LogP contribution < -0.4 is 0 Å². The Kier molecular flexibility index (Phi) is 2.89. The highest BCUT2D eigenvalue weighted by Crippen LogP contribution is 2.28. The lowest BCUT2D eigenvalue weighted by molar-refractivity contribution is 0.482. The second kappa shape index (κ2) is 4.03. The van der Waals surface area contributed by atoms with Gasteiger partial charge in [-0.3, -0.25) is 0 Å². The Bertz CT molecular complexity index is 452. The zero-order valence-corrected chi connectivity index (χ0v) is 10.1. The number of aromatic nitrogens is 1. The van der Waals surface area contributed by atoms with E-state index in [-0.39, 0.29) is 0 Å². The predicted molar refractivity (Wildman–Crippen MR) is 62.6 cm³/mol. The van der Waals surface area contributed by atoms with Gasteiger partial charge in [-0.1, -0.05) is 37.0 Å². The number of benzene rings is 1. The molecule has 1 aromatic heterocycles. The average molecular weight is 244 g/mol. The van der Waals surface area contributed by atoms with Crippen molar-refractivity contribution in [2.45, 2.75) is 20.3 Å². The quantitative estimate of drug-likeness (QED) is 0.785. The standard InChI is InChI=1S/C11H11Cl2NO/c1-6(2)3-11-14-9-4-7(12)8(13)5-10(9)15-11/h4-6H,3H2,1-2H3. The predicted octanol–water partition coefficient (Wildman–Crippen LogP) is 4.33. The third-order valence-electron chi connectivity index (χ3n) is 2.06. The molecule has 0 saturated heterocycles. The Morgan fingerprint density at radius 1 is 1.27 bits per heavy atom. The topological polar surface area (TPSA) is 26.0 Å². The van der Waals surface area contributed by atoms with Crippen molar-refractivity contribution in [2.24, 2.45) is 5.92 Å². The summed E-state index contributed by atoms with van der Waals surface area (Å²) in [6.45, 7) is 4.24. The van der Waals surface area contributed by atoms with Crippen LogP contribution in [0.15, 0.2) is 16.5 Å². The molecule has 0 atom stereocenters. The third-order valence-corrected chi connectivity index (χ3v) is 2.78. The summed E-state index contributed by atoms with van der Waals surface area (Å²) in [7, 11) is 0. The first-order valence-electron chi connectivity index (χ1n) is 4.80. The van der Waals surface area contributed by atoms with Crippen LogP contribution in [-0.4, -0.2) is 4.98 Å². The van der Waals surface area contributed by atoms with Gasteiger partial charge < -0.3 is 4.42 Å². The van der Waals surface area contributed by atoms with Crippen molar-refractivity contribution in [1.82, 2.24) is 4.98 Å². The molecule has 0 radical (unpaired) electrons. The normalized spacial score (nSPS) is 11.5. The molecule has 4 heteroatoms. The molecule has 2 aromatic rings. The van der Waals surface area contributed by atoms with Crippen LogP contribution in [0.3, 0.4) is 0 Å². The molecule has 0 bridgehead atoms.